The minimum absolute atomic E-state index is 0.0114. The van der Waals surface area contributed by atoms with Crippen molar-refractivity contribution < 1.29 is 32.0 Å². The monoisotopic (exact) mass is 473 g/mol. The second kappa shape index (κ2) is 9.51. The van der Waals surface area contributed by atoms with Gasteiger partial charge in [0.1, 0.15) is 5.76 Å². The fourth-order valence-corrected chi connectivity index (χ4v) is 6.34. The number of Topliss-reactive ketones (excluding diaryl/α,β-unsaturated/α-hetero) is 1. The minimum Gasteiger partial charge on any atom is -0.450 e. The number of amides is 1. The Morgan fingerprint density at radius 1 is 1.00 bits per heavy atom. The molecule has 0 spiro atoms. The average Bonchev–Trinajstić information content (AvgIpc) is 3.54. The first-order chi connectivity index (χ1) is 15.7. The van der Waals surface area contributed by atoms with Gasteiger partial charge in [0.05, 0.1) is 11.5 Å². The highest BCUT2D eigenvalue weighted by Crippen LogP contribution is 2.29. The van der Waals surface area contributed by atoms with E-state index in [-0.39, 0.29) is 41.0 Å². The van der Waals surface area contributed by atoms with Crippen LogP contribution in [0, 0.1) is 0 Å². The van der Waals surface area contributed by atoms with Crippen LogP contribution in [0.5, 0.6) is 0 Å². The molecule has 2 fully saturated rings. The minimum atomic E-state index is -3.14. The van der Waals surface area contributed by atoms with E-state index in [2.05, 4.69) is 0 Å². The molecule has 0 bridgehead atoms. The van der Waals surface area contributed by atoms with Crippen LogP contribution in [-0.4, -0.2) is 61.2 Å². The van der Waals surface area contributed by atoms with Crippen LogP contribution in [0.4, 0.5) is 0 Å². The van der Waals surface area contributed by atoms with Gasteiger partial charge in [-0.2, -0.15) is 0 Å². The highest BCUT2D eigenvalue weighted by atomic mass is 32.2. The van der Waals surface area contributed by atoms with E-state index >= 15 is 0 Å². The Morgan fingerprint density at radius 2 is 1.70 bits per heavy atom. The van der Waals surface area contributed by atoms with Crippen LogP contribution in [0.2, 0.25) is 0 Å². The zero-order chi connectivity index (χ0) is 23.6. The molecule has 2 heterocycles. The van der Waals surface area contributed by atoms with Crippen LogP contribution >= 0.6 is 0 Å². The van der Waals surface area contributed by atoms with Crippen molar-refractivity contribution in [2.24, 2.45) is 0 Å². The number of furan rings is 1. The van der Waals surface area contributed by atoms with Crippen LogP contribution < -0.4 is 0 Å². The SMILES string of the molecule is CC(=O)c1ccc(-c2ccc(C(=O)OCC(=O)N(C3CCCC3)[C@H]3CCS(=O)(=O)C3)o2)cc1. The van der Waals surface area contributed by atoms with E-state index in [1.807, 2.05) is 0 Å². The number of esters is 1. The van der Waals surface area contributed by atoms with Crippen LogP contribution in [0.25, 0.3) is 11.3 Å². The molecule has 0 unspecified atom stereocenters. The fraction of sp³-hybridized carbons (Fsp3) is 0.458. The molecule has 1 saturated carbocycles. The zero-order valence-corrected chi connectivity index (χ0v) is 19.3. The van der Waals surface area contributed by atoms with E-state index in [0.717, 1.165) is 25.7 Å². The molecule has 8 nitrogen and oxygen atoms in total. The van der Waals surface area contributed by atoms with Crippen molar-refractivity contribution in [1.82, 2.24) is 4.90 Å². The van der Waals surface area contributed by atoms with Crippen LogP contribution in [-0.2, 0) is 19.4 Å². The highest BCUT2D eigenvalue weighted by molar-refractivity contribution is 7.91. The Morgan fingerprint density at radius 3 is 2.30 bits per heavy atom. The zero-order valence-electron chi connectivity index (χ0n) is 18.5. The van der Waals surface area contributed by atoms with Crippen molar-refractivity contribution in [3.05, 3.63) is 47.7 Å². The first kappa shape index (κ1) is 23.2. The van der Waals surface area contributed by atoms with Crippen molar-refractivity contribution in [1.29, 1.82) is 0 Å². The van der Waals surface area contributed by atoms with E-state index in [1.165, 1.54) is 13.0 Å². The fourth-order valence-electron chi connectivity index (χ4n) is 4.63. The van der Waals surface area contributed by atoms with Crippen molar-refractivity contribution in [2.45, 2.75) is 51.1 Å². The lowest BCUT2D eigenvalue weighted by Crippen LogP contribution is -2.48. The molecule has 0 N–H and O–H groups in total. The summed E-state index contributed by atoms with van der Waals surface area (Å²) in [4.78, 5) is 38.5. The summed E-state index contributed by atoms with van der Waals surface area (Å²) in [5.74, 6) is -0.735. The van der Waals surface area contributed by atoms with Gasteiger partial charge in [-0.3, -0.25) is 9.59 Å². The van der Waals surface area contributed by atoms with E-state index in [9.17, 15) is 22.8 Å². The smallest absolute Gasteiger partial charge is 0.374 e. The Hall–Kier alpha value is -2.94. The molecule has 1 aromatic carbocycles. The van der Waals surface area contributed by atoms with E-state index < -0.39 is 22.4 Å². The number of rotatable bonds is 7. The van der Waals surface area contributed by atoms with Crippen molar-refractivity contribution in [2.75, 3.05) is 18.1 Å². The summed E-state index contributed by atoms with van der Waals surface area (Å²) in [6, 6.07) is 9.52. The molecule has 1 amide bonds. The highest BCUT2D eigenvalue weighted by Gasteiger charge is 2.39. The van der Waals surface area contributed by atoms with Gasteiger partial charge in [0.15, 0.2) is 22.2 Å². The van der Waals surface area contributed by atoms with Gasteiger partial charge in [-0.05, 0) is 38.3 Å². The summed E-state index contributed by atoms with van der Waals surface area (Å²) in [6.07, 6.45) is 4.08. The summed E-state index contributed by atoms with van der Waals surface area (Å²) in [6.45, 7) is 1.02. The molecule has 4 rings (SSSR count). The van der Waals surface area contributed by atoms with Gasteiger partial charge >= 0.3 is 5.97 Å². The predicted molar refractivity (Wildman–Crippen MR) is 121 cm³/mol. The number of hydrogen-bond acceptors (Lipinski definition) is 7. The van der Waals surface area contributed by atoms with Crippen LogP contribution in [0.15, 0.2) is 40.8 Å². The molecule has 1 aliphatic carbocycles. The third-order valence-corrected chi connectivity index (χ3v) is 8.07. The Labute approximate surface area is 192 Å². The number of carbonyl (C=O) groups excluding carboxylic acids is 3. The van der Waals surface area contributed by atoms with Gasteiger partial charge in [0.2, 0.25) is 5.76 Å². The quantitative estimate of drug-likeness (QED) is 0.448. The van der Waals surface area contributed by atoms with E-state index in [0.29, 0.717) is 23.3 Å². The van der Waals surface area contributed by atoms with E-state index in [4.69, 9.17) is 9.15 Å². The second-order valence-corrected chi connectivity index (χ2v) is 10.9. The lowest BCUT2D eigenvalue weighted by molar-refractivity contribution is -0.139. The Balaban J connectivity index is 1.40. The molecule has 9 heteroatoms. The predicted octanol–water partition coefficient (Wildman–Crippen LogP) is 3.26. The summed E-state index contributed by atoms with van der Waals surface area (Å²) in [5, 5.41) is 0. The van der Waals surface area contributed by atoms with Crippen LogP contribution in [0.1, 0.15) is 59.9 Å². The number of hydrogen-bond donors (Lipinski definition) is 0. The number of nitrogens with zero attached hydrogens (tertiary/aromatic N) is 1. The largest absolute Gasteiger partial charge is 0.450 e. The molecule has 33 heavy (non-hydrogen) atoms. The lowest BCUT2D eigenvalue weighted by atomic mass is 10.1. The summed E-state index contributed by atoms with van der Waals surface area (Å²) in [5.41, 5.74) is 1.27. The average molecular weight is 474 g/mol. The molecule has 1 saturated heterocycles. The molecule has 2 aromatic rings. The Kier molecular flexibility index (Phi) is 6.69. The molecular weight excluding hydrogens is 446 g/mol. The number of ketones is 1. The third-order valence-electron chi connectivity index (χ3n) is 6.32. The molecule has 1 aliphatic heterocycles. The van der Waals surface area contributed by atoms with Gasteiger partial charge in [-0.25, -0.2) is 13.2 Å². The molecule has 1 aromatic heterocycles. The molecule has 2 aliphatic rings. The molecule has 0 radical (unpaired) electrons. The number of carbonyl (C=O) groups is 3. The molecule has 176 valence electrons. The normalized spacial score (nSPS) is 20.0. The van der Waals surface area contributed by atoms with Crippen molar-refractivity contribution in [3.8, 4) is 11.3 Å². The van der Waals surface area contributed by atoms with Crippen molar-refractivity contribution >= 4 is 27.5 Å². The molecular formula is C24H27NO7S. The van der Waals surface area contributed by atoms with Gasteiger partial charge in [0, 0.05) is 23.2 Å². The summed E-state index contributed by atoms with van der Waals surface area (Å²) in [7, 11) is -3.14. The second-order valence-electron chi connectivity index (χ2n) is 8.67. The van der Waals surface area contributed by atoms with E-state index in [1.54, 1.807) is 35.2 Å². The van der Waals surface area contributed by atoms with Crippen molar-refractivity contribution in [3.63, 3.8) is 0 Å². The van der Waals surface area contributed by atoms with Gasteiger partial charge in [0.25, 0.3) is 5.91 Å². The Bertz CT molecular complexity index is 1140. The summed E-state index contributed by atoms with van der Waals surface area (Å²) >= 11 is 0. The number of sulfone groups is 1. The van der Waals surface area contributed by atoms with Gasteiger partial charge in [-0.1, -0.05) is 37.1 Å². The maximum atomic E-state index is 13.0. The molecule has 1 atom stereocenters. The topological polar surface area (TPSA) is 111 Å². The summed E-state index contributed by atoms with van der Waals surface area (Å²) < 4.78 is 34.7. The first-order valence-electron chi connectivity index (χ1n) is 11.1. The first-order valence-corrected chi connectivity index (χ1v) is 13.0. The third kappa shape index (κ3) is 5.35. The van der Waals surface area contributed by atoms with Crippen LogP contribution in [0.3, 0.4) is 0 Å². The lowest BCUT2D eigenvalue weighted by Gasteiger charge is -2.33. The van der Waals surface area contributed by atoms with Gasteiger partial charge < -0.3 is 14.1 Å². The maximum Gasteiger partial charge on any atom is 0.374 e. The van der Waals surface area contributed by atoms with Gasteiger partial charge in [-0.15, -0.1) is 0 Å². The maximum absolute atomic E-state index is 13.0. The standard InChI is InChI=1S/C24H27NO7S/c1-16(26)17-6-8-18(9-7-17)21-10-11-22(32-21)24(28)31-14-23(27)25(19-4-2-3-5-19)20-12-13-33(29,30)15-20/h6-11,19-20H,2-5,12-15H2,1H3/t20-/m0/s1. The number of benzene rings is 1. The number of ether oxygens (including phenoxy) is 1.